The first kappa shape index (κ1) is 19.3. The van der Waals surface area contributed by atoms with Crippen LogP contribution >= 0.6 is 0 Å². The van der Waals surface area contributed by atoms with Gasteiger partial charge in [0.25, 0.3) is 6.47 Å². The van der Waals surface area contributed by atoms with Crippen molar-refractivity contribution in [2.24, 2.45) is 0 Å². The highest BCUT2D eigenvalue weighted by atomic mass is 16.5. The van der Waals surface area contributed by atoms with E-state index in [4.69, 9.17) is 4.74 Å². The molecule has 1 aromatic heterocycles. The summed E-state index contributed by atoms with van der Waals surface area (Å²) < 4.78 is 4.82. The van der Waals surface area contributed by atoms with E-state index in [1.165, 1.54) is 35.1 Å². The summed E-state index contributed by atoms with van der Waals surface area (Å²) in [6.07, 6.45) is 6.21. The van der Waals surface area contributed by atoms with Crippen molar-refractivity contribution in [3.8, 4) is 5.75 Å². The van der Waals surface area contributed by atoms with Crippen LogP contribution in [0.5, 0.6) is 5.75 Å². The first-order valence-corrected chi connectivity index (χ1v) is 9.55. The van der Waals surface area contributed by atoms with Crippen molar-refractivity contribution in [2.75, 3.05) is 0 Å². The van der Waals surface area contributed by atoms with E-state index < -0.39 is 0 Å². The zero-order valence-corrected chi connectivity index (χ0v) is 17.2. The van der Waals surface area contributed by atoms with Crippen LogP contribution in [0, 0.1) is 6.92 Å². The quantitative estimate of drug-likeness (QED) is 0.641. The van der Waals surface area contributed by atoms with Crippen LogP contribution in [0.25, 0.3) is 11.6 Å². The van der Waals surface area contributed by atoms with E-state index in [2.05, 4.69) is 64.7 Å². The van der Waals surface area contributed by atoms with E-state index in [1.54, 1.807) is 12.3 Å². The third kappa shape index (κ3) is 3.83. The summed E-state index contributed by atoms with van der Waals surface area (Å²) in [5.41, 5.74) is 7.87. The van der Waals surface area contributed by atoms with Gasteiger partial charge in [0.1, 0.15) is 5.75 Å². The van der Waals surface area contributed by atoms with E-state index >= 15 is 0 Å². The molecule has 0 atom stereocenters. The molecule has 3 rings (SSSR count). The van der Waals surface area contributed by atoms with Crippen molar-refractivity contribution in [2.45, 2.75) is 65.2 Å². The molecule has 0 N–H and O–H groups in total. The summed E-state index contributed by atoms with van der Waals surface area (Å²) in [5.74, 6) is 0.454. The van der Waals surface area contributed by atoms with Crippen LogP contribution < -0.4 is 4.74 Å². The molecule has 0 unspecified atom stereocenters. The number of benzene rings is 1. The Hall–Kier alpha value is -2.42. The number of hydrogen-bond acceptors (Lipinski definition) is 3. The van der Waals surface area contributed by atoms with E-state index in [9.17, 15) is 4.79 Å². The van der Waals surface area contributed by atoms with Gasteiger partial charge in [-0.15, -0.1) is 0 Å². The Kier molecular flexibility index (Phi) is 4.98. The molecule has 2 aromatic rings. The van der Waals surface area contributed by atoms with Gasteiger partial charge in [0.2, 0.25) is 0 Å². The number of aryl methyl sites for hydroxylation is 1. The SMILES string of the molecule is C/C(=C\c1cc2c(cc1C)C(C)(C)CCC2(C)C)c1ccc(OC=O)cn1. The van der Waals surface area contributed by atoms with Gasteiger partial charge < -0.3 is 4.74 Å². The van der Waals surface area contributed by atoms with Crippen molar-refractivity contribution >= 4 is 18.1 Å². The van der Waals surface area contributed by atoms with E-state index in [0.29, 0.717) is 12.2 Å². The highest BCUT2D eigenvalue weighted by Crippen LogP contribution is 2.46. The molecule has 0 bridgehead atoms. The lowest BCUT2D eigenvalue weighted by atomic mass is 9.62. The lowest BCUT2D eigenvalue weighted by Gasteiger charge is -2.42. The number of carbonyl (C=O) groups is 1. The van der Waals surface area contributed by atoms with Gasteiger partial charge in [-0.05, 0) is 83.6 Å². The predicted octanol–water partition coefficient (Wildman–Crippen LogP) is 5.83. The minimum absolute atomic E-state index is 0.196. The van der Waals surface area contributed by atoms with E-state index in [1.807, 2.05) is 6.07 Å². The third-order valence-electron chi connectivity index (χ3n) is 5.94. The fourth-order valence-electron chi connectivity index (χ4n) is 3.94. The first-order valence-electron chi connectivity index (χ1n) is 9.55. The molecule has 0 aliphatic heterocycles. The Morgan fingerprint density at radius 2 is 1.70 bits per heavy atom. The molecule has 0 saturated heterocycles. The standard InChI is InChI=1S/C24H29NO2/c1-16-12-20-21(24(5,6)10-9-23(20,3)4)13-18(16)11-17(2)22-8-7-19(14-25-22)27-15-26/h7-8,11-15H,9-10H2,1-6H3/b17-11+. The second-order valence-corrected chi connectivity index (χ2v) is 8.94. The molecule has 1 aliphatic carbocycles. The van der Waals surface area contributed by atoms with Crippen molar-refractivity contribution in [1.29, 1.82) is 0 Å². The highest BCUT2D eigenvalue weighted by Gasteiger charge is 2.37. The van der Waals surface area contributed by atoms with E-state index in [0.717, 1.165) is 11.3 Å². The summed E-state index contributed by atoms with van der Waals surface area (Å²) >= 11 is 0. The molecule has 3 heteroatoms. The van der Waals surface area contributed by atoms with Gasteiger partial charge >= 0.3 is 0 Å². The third-order valence-corrected chi connectivity index (χ3v) is 5.94. The minimum atomic E-state index is 0.196. The Morgan fingerprint density at radius 1 is 1.07 bits per heavy atom. The number of allylic oxidation sites excluding steroid dienone is 1. The van der Waals surface area contributed by atoms with Crippen LogP contribution in [0.15, 0.2) is 30.5 Å². The zero-order valence-electron chi connectivity index (χ0n) is 17.2. The average molecular weight is 364 g/mol. The van der Waals surface area contributed by atoms with Crippen molar-refractivity contribution in [3.05, 3.63) is 58.4 Å². The number of ether oxygens (including phenoxy) is 1. The maximum atomic E-state index is 10.4. The number of aromatic nitrogens is 1. The second-order valence-electron chi connectivity index (χ2n) is 8.94. The molecule has 0 fully saturated rings. The molecule has 0 amide bonds. The number of carbonyl (C=O) groups excluding carboxylic acids is 1. The summed E-state index contributed by atoms with van der Waals surface area (Å²) in [6.45, 7) is 14.1. The summed E-state index contributed by atoms with van der Waals surface area (Å²) in [6, 6.07) is 8.40. The van der Waals surface area contributed by atoms with E-state index in [-0.39, 0.29) is 10.8 Å². The summed E-state index contributed by atoms with van der Waals surface area (Å²) in [7, 11) is 0. The van der Waals surface area contributed by atoms with Gasteiger partial charge in [0, 0.05) is 0 Å². The lowest BCUT2D eigenvalue weighted by molar-refractivity contribution is -0.120. The Morgan fingerprint density at radius 3 is 2.26 bits per heavy atom. The molecule has 1 heterocycles. The van der Waals surface area contributed by atoms with Gasteiger partial charge in [-0.2, -0.15) is 0 Å². The van der Waals surface area contributed by atoms with Crippen LogP contribution in [-0.2, 0) is 15.6 Å². The van der Waals surface area contributed by atoms with Crippen molar-refractivity contribution in [1.82, 2.24) is 4.98 Å². The number of nitrogens with zero attached hydrogens (tertiary/aromatic N) is 1. The second kappa shape index (κ2) is 6.95. The molecular formula is C24H29NO2. The maximum absolute atomic E-state index is 10.4. The number of fused-ring (bicyclic) bond motifs is 1. The molecule has 1 aromatic carbocycles. The molecule has 27 heavy (non-hydrogen) atoms. The number of pyridine rings is 1. The topological polar surface area (TPSA) is 39.2 Å². The smallest absolute Gasteiger partial charge is 0.298 e. The van der Waals surface area contributed by atoms with Crippen LogP contribution in [0.4, 0.5) is 0 Å². The van der Waals surface area contributed by atoms with Gasteiger partial charge in [-0.25, -0.2) is 0 Å². The molecular weight excluding hydrogens is 334 g/mol. The zero-order chi connectivity index (χ0) is 19.8. The normalized spacial score (nSPS) is 17.9. The fourth-order valence-corrected chi connectivity index (χ4v) is 3.94. The Labute approximate surface area is 162 Å². The van der Waals surface area contributed by atoms with Crippen LogP contribution in [0.3, 0.4) is 0 Å². The largest absolute Gasteiger partial charge is 0.427 e. The maximum Gasteiger partial charge on any atom is 0.298 e. The van der Waals surface area contributed by atoms with Crippen molar-refractivity contribution in [3.63, 3.8) is 0 Å². The summed E-state index contributed by atoms with van der Waals surface area (Å²) in [5, 5.41) is 0. The van der Waals surface area contributed by atoms with Gasteiger partial charge in [-0.1, -0.05) is 39.8 Å². The number of rotatable bonds is 4. The molecule has 0 radical (unpaired) electrons. The van der Waals surface area contributed by atoms with Gasteiger partial charge in [0.05, 0.1) is 11.9 Å². The Balaban J connectivity index is 2.02. The Bertz CT molecular complexity index is 889. The van der Waals surface area contributed by atoms with Crippen LogP contribution in [0.2, 0.25) is 0 Å². The fraction of sp³-hybridized carbons (Fsp3) is 0.417. The predicted molar refractivity (Wildman–Crippen MR) is 111 cm³/mol. The lowest BCUT2D eigenvalue weighted by Crippen LogP contribution is -2.34. The molecule has 3 nitrogen and oxygen atoms in total. The average Bonchev–Trinajstić information content (AvgIpc) is 2.61. The molecule has 0 saturated carbocycles. The van der Waals surface area contributed by atoms with Crippen LogP contribution in [0.1, 0.15) is 75.4 Å². The minimum Gasteiger partial charge on any atom is -0.427 e. The first-order chi connectivity index (χ1) is 12.6. The van der Waals surface area contributed by atoms with Gasteiger partial charge in [-0.3, -0.25) is 9.78 Å². The number of hydrogen-bond donors (Lipinski definition) is 0. The van der Waals surface area contributed by atoms with Crippen molar-refractivity contribution < 1.29 is 9.53 Å². The monoisotopic (exact) mass is 363 g/mol. The molecule has 142 valence electrons. The molecule has 1 aliphatic rings. The highest BCUT2D eigenvalue weighted by molar-refractivity contribution is 5.80. The summed E-state index contributed by atoms with van der Waals surface area (Å²) in [4.78, 5) is 14.8. The van der Waals surface area contributed by atoms with Crippen LogP contribution in [-0.4, -0.2) is 11.5 Å². The molecule has 0 spiro atoms. The van der Waals surface area contributed by atoms with Gasteiger partial charge in [0.15, 0.2) is 0 Å².